The van der Waals surface area contributed by atoms with Gasteiger partial charge in [0.1, 0.15) is 5.56 Å². The highest BCUT2D eigenvalue weighted by molar-refractivity contribution is 5.98. The Balaban J connectivity index is 1.70. The lowest BCUT2D eigenvalue weighted by atomic mass is 9.84. The minimum absolute atomic E-state index is 0.205. The summed E-state index contributed by atoms with van der Waals surface area (Å²) in [5.74, 6) is 1.12. The highest BCUT2D eigenvalue weighted by Crippen LogP contribution is 2.50. The zero-order valence-corrected chi connectivity index (χ0v) is 14.0. The van der Waals surface area contributed by atoms with Crippen LogP contribution in [0.4, 0.5) is 5.69 Å². The SMILES string of the molecule is CCOC(=O)c1cnc2c(c1N[C@@H]1C3CC[C@@H](C3)[C@H]1CO)C=CC2. The maximum absolute atomic E-state index is 12.4. The van der Waals surface area contributed by atoms with Crippen molar-refractivity contribution in [1.82, 2.24) is 4.98 Å². The van der Waals surface area contributed by atoms with Gasteiger partial charge in [0.15, 0.2) is 0 Å². The summed E-state index contributed by atoms with van der Waals surface area (Å²) in [5, 5.41) is 13.5. The zero-order valence-electron chi connectivity index (χ0n) is 14.0. The number of pyridine rings is 1. The fraction of sp³-hybridized carbons (Fsp3) is 0.579. The van der Waals surface area contributed by atoms with E-state index >= 15 is 0 Å². The van der Waals surface area contributed by atoms with Crippen molar-refractivity contribution >= 4 is 17.7 Å². The molecule has 1 heterocycles. The van der Waals surface area contributed by atoms with Crippen molar-refractivity contribution in [3.8, 4) is 0 Å². The van der Waals surface area contributed by atoms with E-state index in [1.165, 1.54) is 19.3 Å². The van der Waals surface area contributed by atoms with Gasteiger partial charge in [0, 0.05) is 36.7 Å². The maximum atomic E-state index is 12.4. The van der Waals surface area contributed by atoms with E-state index in [9.17, 15) is 9.90 Å². The number of carbonyl (C=O) groups excluding carboxylic acids is 1. The lowest BCUT2D eigenvalue weighted by Crippen LogP contribution is -2.37. The van der Waals surface area contributed by atoms with E-state index in [1.54, 1.807) is 6.20 Å². The van der Waals surface area contributed by atoms with Crippen LogP contribution >= 0.6 is 0 Å². The van der Waals surface area contributed by atoms with Crippen LogP contribution < -0.4 is 5.32 Å². The van der Waals surface area contributed by atoms with Crippen LogP contribution in [0, 0.1) is 17.8 Å². The first-order valence-electron chi connectivity index (χ1n) is 8.95. The van der Waals surface area contributed by atoms with Crippen LogP contribution in [0.3, 0.4) is 0 Å². The molecule has 4 atom stereocenters. The fourth-order valence-electron chi connectivity index (χ4n) is 4.78. The van der Waals surface area contributed by atoms with Crippen molar-refractivity contribution < 1.29 is 14.6 Å². The monoisotopic (exact) mass is 328 g/mol. The lowest BCUT2D eigenvalue weighted by molar-refractivity contribution is 0.0527. The Morgan fingerprint density at radius 1 is 1.42 bits per heavy atom. The number of aromatic nitrogens is 1. The number of rotatable bonds is 5. The van der Waals surface area contributed by atoms with E-state index < -0.39 is 0 Å². The number of esters is 1. The predicted octanol–water partition coefficient (Wildman–Crippen LogP) is 2.65. The summed E-state index contributed by atoms with van der Waals surface area (Å²) >= 11 is 0. The number of allylic oxidation sites excluding steroid dienone is 1. The van der Waals surface area contributed by atoms with Gasteiger partial charge in [0.2, 0.25) is 0 Å². The number of anilines is 1. The van der Waals surface area contributed by atoms with Crippen molar-refractivity contribution in [3.05, 3.63) is 29.1 Å². The van der Waals surface area contributed by atoms with Crippen LogP contribution in [0.25, 0.3) is 6.08 Å². The number of nitrogens with one attached hydrogen (secondary N) is 1. The molecule has 5 heteroatoms. The summed E-state index contributed by atoms with van der Waals surface area (Å²) in [6, 6.07) is 0.224. The Kier molecular flexibility index (Phi) is 4.04. The highest BCUT2D eigenvalue weighted by atomic mass is 16.5. The first-order chi connectivity index (χ1) is 11.7. The number of fused-ring (bicyclic) bond motifs is 3. The summed E-state index contributed by atoms with van der Waals surface area (Å²) in [6.45, 7) is 2.36. The lowest BCUT2D eigenvalue weighted by Gasteiger charge is -2.32. The number of aliphatic hydroxyl groups excluding tert-OH is 1. The molecule has 128 valence electrons. The quantitative estimate of drug-likeness (QED) is 0.813. The molecule has 0 saturated heterocycles. The number of hydrogen-bond acceptors (Lipinski definition) is 5. The third-order valence-electron chi connectivity index (χ3n) is 5.90. The number of carbonyl (C=O) groups is 1. The molecule has 1 unspecified atom stereocenters. The highest BCUT2D eigenvalue weighted by Gasteiger charge is 2.47. The molecular formula is C19H24N2O3. The van der Waals surface area contributed by atoms with Crippen LogP contribution in [0.15, 0.2) is 12.3 Å². The molecule has 2 bridgehead atoms. The number of aliphatic hydroxyl groups is 1. The Labute approximate surface area is 142 Å². The second kappa shape index (κ2) is 6.20. The summed E-state index contributed by atoms with van der Waals surface area (Å²) in [5.41, 5.74) is 3.33. The second-order valence-corrected chi connectivity index (χ2v) is 7.08. The van der Waals surface area contributed by atoms with Gasteiger partial charge in [-0.15, -0.1) is 0 Å². The van der Waals surface area contributed by atoms with E-state index in [4.69, 9.17) is 4.74 Å². The van der Waals surface area contributed by atoms with Gasteiger partial charge in [-0.25, -0.2) is 4.79 Å². The summed E-state index contributed by atoms with van der Waals surface area (Å²) in [6.07, 6.45) is 10.1. The molecule has 2 N–H and O–H groups in total. The normalized spacial score (nSPS) is 29.8. The van der Waals surface area contributed by atoms with E-state index in [0.717, 1.165) is 23.4 Å². The van der Waals surface area contributed by atoms with Gasteiger partial charge >= 0.3 is 5.97 Å². The molecule has 0 aliphatic heterocycles. The van der Waals surface area contributed by atoms with E-state index in [2.05, 4.69) is 16.4 Å². The topological polar surface area (TPSA) is 71.5 Å². The van der Waals surface area contributed by atoms with Gasteiger partial charge in [-0.3, -0.25) is 4.98 Å². The van der Waals surface area contributed by atoms with E-state index in [1.807, 2.05) is 13.0 Å². The Bertz CT molecular complexity index is 685. The number of ether oxygens (including phenoxy) is 1. The van der Waals surface area contributed by atoms with Crippen molar-refractivity contribution in [2.45, 2.75) is 38.6 Å². The van der Waals surface area contributed by atoms with Crippen molar-refractivity contribution in [2.24, 2.45) is 17.8 Å². The Morgan fingerprint density at radius 2 is 2.25 bits per heavy atom. The molecule has 3 aliphatic rings. The molecule has 2 saturated carbocycles. The van der Waals surface area contributed by atoms with Gasteiger partial charge in [-0.05, 0) is 38.0 Å². The van der Waals surface area contributed by atoms with Crippen LogP contribution in [0.2, 0.25) is 0 Å². The minimum atomic E-state index is -0.334. The molecular weight excluding hydrogens is 304 g/mol. The zero-order chi connectivity index (χ0) is 16.7. The van der Waals surface area contributed by atoms with Gasteiger partial charge < -0.3 is 15.2 Å². The Morgan fingerprint density at radius 3 is 3.04 bits per heavy atom. The molecule has 24 heavy (non-hydrogen) atoms. The molecule has 5 nitrogen and oxygen atoms in total. The van der Waals surface area contributed by atoms with Crippen LogP contribution in [0.1, 0.15) is 47.8 Å². The molecule has 1 aromatic heterocycles. The average Bonchev–Trinajstić information content (AvgIpc) is 3.30. The van der Waals surface area contributed by atoms with Gasteiger partial charge in [0.05, 0.1) is 18.0 Å². The predicted molar refractivity (Wildman–Crippen MR) is 91.7 cm³/mol. The van der Waals surface area contributed by atoms with Crippen molar-refractivity contribution in [2.75, 3.05) is 18.5 Å². The third kappa shape index (κ3) is 2.42. The minimum Gasteiger partial charge on any atom is -0.462 e. The largest absolute Gasteiger partial charge is 0.462 e. The van der Waals surface area contributed by atoms with Gasteiger partial charge in [0.25, 0.3) is 0 Å². The molecule has 0 spiro atoms. The average molecular weight is 328 g/mol. The maximum Gasteiger partial charge on any atom is 0.341 e. The van der Waals surface area contributed by atoms with E-state index in [-0.39, 0.29) is 24.5 Å². The molecule has 0 amide bonds. The fourth-order valence-corrected chi connectivity index (χ4v) is 4.78. The first-order valence-corrected chi connectivity index (χ1v) is 8.95. The Hall–Kier alpha value is -1.88. The molecule has 4 rings (SSSR count). The van der Waals surface area contributed by atoms with Crippen LogP contribution in [0.5, 0.6) is 0 Å². The smallest absolute Gasteiger partial charge is 0.341 e. The third-order valence-corrected chi connectivity index (χ3v) is 5.90. The summed E-state index contributed by atoms with van der Waals surface area (Å²) < 4.78 is 5.22. The van der Waals surface area contributed by atoms with Gasteiger partial charge in [-0.1, -0.05) is 12.2 Å². The van der Waals surface area contributed by atoms with Crippen molar-refractivity contribution in [3.63, 3.8) is 0 Å². The first kappa shape index (κ1) is 15.6. The molecule has 1 aromatic rings. The summed E-state index contributed by atoms with van der Waals surface area (Å²) in [7, 11) is 0. The second-order valence-electron chi connectivity index (χ2n) is 7.08. The molecule has 0 aromatic carbocycles. The van der Waals surface area contributed by atoms with Crippen LogP contribution in [-0.4, -0.2) is 35.3 Å². The summed E-state index contributed by atoms with van der Waals surface area (Å²) in [4.78, 5) is 16.8. The molecule has 2 fully saturated rings. The van der Waals surface area contributed by atoms with Gasteiger partial charge in [-0.2, -0.15) is 0 Å². The number of hydrogen-bond donors (Lipinski definition) is 2. The van der Waals surface area contributed by atoms with Crippen LogP contribution in [-0.2, 0) is 11.2 Å². The number of nitrogens with zero attached hydrogens (tertiary/aromatic N) is 1. The molecule has 0 radical (unpaired) electrons. The van der Waals surface area contributed by atoms with Crippen molar-refractivity contribution in [1.29, 1.82) is 0 Å². The molecule has 3 aliphatic carbocycles. The standard InChI is InChI=1S/C19H24N2O3/c1-2-24-19(23)14-9-20-16-5-3-4-13(16)18(14)21-17-12-7-6-11(8-12)15(17)10-22/h3-4,9,11-12,15,17,22H,2,5-8,10H2,1H3,(H,20,21)/t11-,12?,15+,17+/m0/s1. The van der Waals surface area contributed by atoms with E-state index in [0.29, 0.717) is 24.0 Å².